The van der Waals surface area contributed by atoms with E-state index in [4.69, 9.17) is 25.7 Å². The van der Waals surface area contributed by atoms with Gasteiger partial charge in [0.2, 0.25) is 0 Å². The van der Waals surface area contributed by atoms with Gasteiger partial charge in [0.15, 0.2) is 12.1 Å². The summed E-state index contributed by atoms with van der Waals surface area (Å²) in [5.41, 5.74) is 0.643. The molecule has 1 N–H and O–H groups in total. The molecule has 0 radical (unpaired) electrons. The van der Waals surface area contributed by atoms with Gasteiger partial charge in [-0.05, 0) is 36.5 Å². The van der Waals surface area contributed by atoms with Gasteiger partial charge in [-0.15, -0.1) is 11.3 Å². The summed E-state index contributed by atoms with van der Waals surface area (Å²) in [6, 6.07) is 6.32. The molecule has 3 heterocycles. The zero-order valence-electron chi connectivity index (χ0n) is 17.8. The van der Waals surface area contributed by atoms with E-state index in [0.717, 1.165) is 29.7 Å². The Labute approximate surface area is 201 Å². The number of hydrogen-bond donors (Lipinski definition) is 1. The minimum atomic E-state index is -0.522. The van der Waals surface area contributed by atoms with Gasteiger partial charge in [0, 0.05) is 11.5 Å². The van der Waals surface area contributed by atoms with E-state index in [1.54, 1.807) is 6.07 Å². The highest BCUT2D eigenvalue weighted by molar-refractivity contribution is 7.25. The summed E-state index contributed by atoms with van der Waals surface area (Å²) in [5.74, 6) is 0.556. The summed E-state index contributed by atoms with van der Waals surface area (Å²) in [7, 11) is 1.49. The number of nitrogens with zero attached hydrogens (tertiary/aromatic N) is 3. The van der Waals surface area contributed by atoms with E-state index in [9.17, 15) is 9.90 Å². The van der Waals surface area contributed by atoms with Crippen LogP contribution >= 0.6 is 22.9 Å². The van der Waals surface area contributed by atoms with Crippen LogP contribution in [0.15, 0.2) is 46.1 Å². The molecule has 1 fully saturated rings. The van der Waals surface area contributed by atoms with Gasteiger partial charge in [-0.1, -0.05) is 17.7 Å². The molecule has 0 amide bonds. The molecule has 0 atom stereocenters. The van der Waals surface area contributed by atoms with Gasteiger partial charge >= 0.3 is 0 Å². The van der Waals surface area contributed by atoms with Crippen LogP contribution in [0.4, 0.5) is 4.39 Å². The Balaban J connectivity index is 1.71. The summed E-state index contributed by atoms with van der Waals surface area (Å²) >= 11 is 7.24. The van der Waals surface area contributed by atoms with Gasteiger partial charge in [0.1, 0.15) is 28.0 Å². The zero-order valence-corrected chi connectivity index (χ0v) is 19.4. The first-order valence-corrected chi connectivity index (χ1v) is 11.8. The molecule has 1 aliphatic rings. The number of methoxy groups -OCH3 is 1. The van der Waals surface area contributed by atoms with Crippen molar-refractivity contribution < 1.29 is 18.7 Å². The Morgan fingerprint density at radius 1 is 1.35 bits per heavy atom. The van der Waals surface area contributed by atoms with Crippen LogP contribution in [-0.4, -0.2) is 26.8 Å². The molecule has 172 valence electrons. The number of aromatic nitrogens is 3. The topological polar surface area (TPSA) is 90.4 Å². The zero-order chi connectivity index (χ0) is 23.6. The molecule has 1 aliphatic carbocycles. The van der Waals surface area contributed by atoms with Gasteiger partial charge in [-0.3, -0.25) is 9.36 Å². The number of fused-ring (bicyclic) bond motifs is 3. The average Bonchev–Trinajstić information content (AvgIpc) is 3.41. The van der Waals surface area contributed by atoms with E-state index in [1.807, 2.05) is 6.07 Å². The van der Waals surface area contributed by atoms with Crippen LogP contribution in [0.25, 0.3) is 31.7 Å². The van der Waals surface area contributed by atoms with Crippen molar-refractivity contribution in [2.45, 2.75) is 25.3 Å². The van der Waals surface area contributed by atoms with Crippen LogP contribution in [-0.2, 0) is 6.54 Å². The number of ether oxygens (including phenoxy) is 1. The Kier molecular flexibility index (Phi) is 4.86. The third-order valence-electron chi connectivity index (χ3n) is 6.05. The lowest BCUT2D eigenvalue weighted by atomic mass is 10.0. The number of halogens is 2. The highest BCUT2D eigenvalue weighted by Crippen LogP contribution is 2.47. The highest BCUT2D eigenvalue weighted by Gasteiger charge is 2.31. The Morgan fingerprint density at radius 3 is 2.88 bits per heavy atom. The molecule has 0 aliphatic heterocycles. The molecule has 1 saturated carbocycles. The van der Waals surface area contributed by atoms with Crippen LogP contribution in [0.2, 0.25) is 5.02 Å². The van der Waals surface area contributed by atoms with Crippen molar-refractivity contribution in [3.8, 4) is 22.9 Å². The normalized spacial score (nSPS) is 13.7. The molecule has 2 aromatic carbocycles. The fourth-order valence-corrected chi connectivity index (χ4v) is 5.59. The van der Waals surface area contributed by atoms with Crippen LogP contribution in [0, 0.1) is 5.82 Å². The molecule has 0 spiro atoms. The molecule has 6 rings (SSSR count). The van der Waals surface area contributed by atoms with Crippen LogP contribution in [0.1, 0.15) is 30.1 Å². The first-order chi connectivity index (χ1) is 16.5. The van der Waals surface area contributed by atoms with Crippen molar-refractivity contribution in [2.24, 2.45) is 0 Å². The maximum atomic E-state index is 15.6. The Morgan fingerprint density at radius 2 is 2.18 bits per heavy atom. The van der Waals surface area contributed by atoms with Gasteiger partial charge in [0.25, 0.3) is 5.56 Å². The SMILES string of the molecule is COc1cc(F)c(-c2nc3sc4c(O)c(Cl)ccc4c3c(=O)n2Cc2cnco2)c(C2CC2)c1. The summed E-state index contributed by atoms with van der Waals surface area (Å²) in [5, 5.41) is 11.5. The van der Waals surface area contributed by atoms with Crippen molar-refractivity contribution in [1.82, 2.24) is 14.5 Å². The van der Waals surface area contributed by atoms with E-state index >= 15 is 4.39 Å². The molecule has 3 aromatic heterocycles. The Hall–Kier alpha value is -3.43. The maximum absolute atomic E-state index is 15.6. The standard InChI is InChI=1S/C24H17ClFN3O4S/c1-32-12-6-15(11-2-3-11)18(17(26)7-12)22-28-23-19(14-4-5-16(25)20(30)21(14)34-23)24(31)29(22)9-13-8-27-10-33-13/h4-8,10-11,30H,2-3,9H2,1H3. The molecule has 10 heteroatoms. The number of phenols is 1. The van der Waals surface area contributed by atoms with Crippen molar-refractivity contribution >= 4 is 43.2 Å². The van der Waals surface area contributed by atoms with Crippen molar-refractivity contribution in [2.75, 3.05) is 7.11 Å². The number of phenolic OH excluding ortho intramolecular Hbond substituents is 1. The van der Waals surface area contributed by atoms with Crippen LogP contribution in [0.3, 0.4) is 0 Å². The number of hydrogen-bond acceptors (Lipinski definition) is 7. The first kappa shape index (κ1) is 21.1. The minimum absolute atomic E-state index is 0.0175. The summed E-state index contributed by atoms with van der Waals surface area (Å²) in [6.07, 6.45) is 4.62. The van der Waals surface area contributed by atoms with E-state index in [2.05, 4.69) is 4.98 Å². The number of oxazole rings is 1. The lowest BCUT2D eigenvalue weighted by Crippen LogP contribution is -2.24. The van der Waals surface area contributed by atoms with Gasteiger partial charge in [-0.25, -0.2) is 14.4 Å². The second kappa shape index (κ2) is 7.82. The van der Waals surface area contributed by atoms with Gasteiger partial charge in [-0.2, -0.15) is 0 Å². The predicted octanol–water partition coefficient (Wildman–Crippen LogP) is 5.70. The van der Waals surface area contributed by atoms with Crippen molar-refractivity contribution in [3.05, 3.63) is 69.4 Å². The quantitative estimate of drug-likeness (QED) is 0.335. The molecule has 0 bridgehead atoms. The predicted molar refractivity (Wildman–Crippen MR) is 128 cm³/mol. The third kappa shape index (κ3) is 3.26. The second-order valence-electron chi connectivity index (χ2n) is 8.20. The number of rotatable bonds is 5. The van der Waals surface area contributed by atoms with E-state index in [1.165, 1.54) is 36.4 Å². The molecule has 7 nitrogen and oxygen atoms in total. The maximum Gasteiger partial charge on any atom is 0.263 e. The van der Waals surface area contributed by atoms with Gasteiger partial charge < -0.3 is 14.3 Å². The van der Waals surface area contributed by atoms with E-state index < -0.39 is 5.82 Å². The van der Waals surface area contributed by atoms with E-state index in [-0.39, 0.29) is 40.2 Å². The summed E-state index contributed by atoms with van der Waals surface area (Å²) in [6.45, 7) is 0.0175. The second-order valence-corrected chi connectivity index (χ2v) is 9.60. The third-order valence-corrected chi connectivity index (χ3v) is 7.47. The molecular formula is C24H17ClFN3O4S. The molecule has 34 heavy (non-hydrogen) atoms. The van der Waals surface area contributed by atoms with Crippen LogP contribution in [0.5, 0.6) is 11.5 Å². The average molecular weight is 498 g/mol. The Bertz CT molecular complexity index is 1640. The summed E-state index contributed by atoms with van der Waals surface area (Å²) in [4.78, 5) is 22.9. The molecule has 0 saturated heterocycles. The van der Waals surface area contributed by atoms with Gasteiger partial charge in [0.05, 0.1) is 40.5 Å². The lowest BCUT2D eigenvalue weighted by Gasteiger charge is -2.16. The lowest BCUT2D eigenvalue weighted by molar-refractivity contribution is 0.410. The van der Waals surface area contributed by atoms with Crippen molar-refractivity contribution in [1.29, 1.82) is 0 Å². The van der Waals surface area contributed by atoms with E-state index in [0.29, 0.717) is 31.8 Å². The molecule has 0 unspecified atom stereocenters. The number of thiophene rings is 1. The molecular weight excluding hydrogens is 481 g/mol. The number of benzene rings is 2. The largest absolute Gasteiger partial charge is 0.505 e. The highest BCUT2D eigenvalue weighted by atomic mass is 35.5. The summed E-state index contributed by atoms with van der Waals surface area (Å²) < 4.78 is 28.1. The molecule has 5 aromatic rings. The fourth-order valence-electron chi connectivity index (χ4n) is 4.27. The first-order valence-electron chi connectivity index (χ1n) is 10.6. The fraction of sp³-hybridized carbons (Fsp3) is 0.208. The smallest absolute Gasteiger partial charge is 0.263 e. The minimum Gasteiger partial charge on any atom is -0.505 e. The van der Waals surface area contributed by atoms with Crippen LogP contribution < -0.4 is 10.3 Å². The number of aromatic hydroxyl groups is 1. The monoisotopic (exact) mass is 497 g/mol. The van der Waals surface area contributed by atoms with Crippen molar-refractivity contribution in [3.63, 3.8) is 0 Å².